The number of esters is 1. The fourth-order valence-electron chi connectivity index (χ4n) is 3.08. The highest BCUT2D eigenvalue weighted by atomic mass is 35.5. The third-order valence-corrected chi connectivity index (χ3v) is 5.01. The summed E-state index contributed by atoms with van der Waals surface area (Å²) in [6.45, 7) is 4.40. The van der Waals surface area contributed by atoms with E-state index in [0.29, 0.717) is 34.6 Å². The topological polar surface area (TPSA) is 66.4 Å². The first-order chi connectivity index (χ1) is 13.0. The number of methoxy groups -OCH3 is 1. The lowest BCUT2D eigenvalue weighted by molar-refractivity contribution is -0.147. The Morgan fingerprint density at radius 1 is 1.41 bits per heavy atom. The minimum Gasteiger partial charge on any atom is -0.478 e. The monoisotopic (exact) mass is 395 g/mol. The molecule has 1 aliphatic heterocycles. The maximum absolute atomic E-state index is 11.8. The van der Waals surface area contributed by atoms with Crippen molar-refractivity contribution in [3.63, 3.8) is 0 Å². The highest BCUT2D eigenvalue weighted by molar-refractivity contribution is 6.31. The van der Waals surface area contributed by atoms with Crippen LogP contribution in [-0.2, 0) is 19.1 Å². The molecule has 27 heavy (non-hydrogen) atoms. The average molecular weight is 396 g/mol. The molecule has 2 unspecified atom stereocenters. The van der Waals surface area contributed by atoms with Crippen LogP contribution in [0.5, 0.6) is 5.75 Å². The molecule has 7 heteroatoms. The van der Waals surface area contributed by atoms with Crippen LogP contribution >= 0.6 is 11.6 Å². The first-order valence-electron chi connectivity index (χ1n) is 9.44. The second-order valence-corrected chi connectivity index (χ2v) is 7.39. The standard InChI is InChI=1S/C20H26ClNO5/c1-4-5-10-25-19-17(22-27-18(19)13-6-7-13)15-11-14(21)8-9-16(15)26-12(2)20(23)24-3/h8-9,11-13,18-19H,4-7,10H2,1-3H3/t12-,18?,19?/m0/s1. The fourth-order valence-corrected chi connectivity index (χ4v) is 3.25. The molecule has 0 bridgehead atoms. The van der Waals surface area contributed by atoms with E-state index in [1.807, 2.05) is 0 Å². The normalized spacial score (nSPS) is 22.7. The summed E-state index contributed by atoms with van der Waals surface area (Å²) in [5.41, 5.74) is 1.35. The predicted molar refractivity (Wildman–Crippen MR) is 102 cm³/mol. The van der Waals surface area contributed by atoms with Crippen molar-refractivity contribution < 1.29 is 23.8 Å². The zero-order valence-corrected chi connectivity index (χ0v) is 16.7. The van der Waals surface area contributed by atoms with Crippen LogP contribution in [0.3, 0.4) is 0 Å². The van der Waals surface area contributed by atoms with Crippen LogP contribution in [0.2, 0.25) is 5.02 Å². The SMILES string of the molecule is CCCCOC1C(c2cc(Cl)ccc2O[C@@H](C)C(=O)OC)=NOC1C1CC1. The van der Waals surface area contributed by atoms with Crippen molar-refractivity contribution in [3.8, 4) is 5.75 Å². The van der Waals surface area contributed by atoms with Gasteiger partial charge >= 0.3 is 5.97 Å². The molecule has 0 N–H and O–H groups in total. The molecule has 6 nitrogen and oxygen atoms in total. The Morgan fingerprint density at radius 3 is 2.85 bits per heavy atom. The van der Waals surface area contributed by atoms with Crippen LogP contribution in [0.4, 0.5) is 0 Å². The molecule has 0 saturated heterocycles. The van der Waals surface area contributed by atoms with E-state index in [1.54, 1.807) is 25.1 Å². The maximum Gasteiger partial charge on any atom is 0.346 e. The van der Waals surface area contributed by atoms with E-state index >= 15 is 0 Å². The minimum absolute atomic E-state index is 0.0817. The van der Waals surface area contributed by atoms with Gasteiger partial charge < -0.3 is 19.0 Å². The summed E-state index contributed by atoms with van der Waals surface area (Å²) in [5, 5.41) is 4.87. The summed E-state index contributed by atoms with van der Waals surface area (Å²) in [7, 11) is 1.33. The molecule has 1 aromatic rings. The van der Waals surface area contributed by atoms with Crippen molar-refractivity contribution in [3.05, 3.63) is 28.8 Å². The molecule has 3 atom stereocenters. The molecule has 1 aromatic carbocycles. The molecule has 1 aliphatic carbocycles. The molecular formula is C20H26ClNO5. The van der Waals surface area contributed by atoms with E-state index < -0.39 is 12.1 Å². The number of nitrogens with zero attached hydrogens (tertiary/aromatic N) is 1. The number of hydrogen-bond donors (Lipinski definition) is 0. The van der Waals surface area contributed by atoms with Crippen LogP contribution in [-0.4, -0.2) is 43.7 Å². The van der Waals surface area contributed by atoms with E-state index in [4.69, 9.17) is 30.6 Å². The summed E-state index contributed by atoms with van der Waals surface area (Å²) in [6.07, 6.45) is 3.17. The molecular weight excluding hydrogens is 370 g/mol. The summed E-state index contributed by atoms with van der Waals surface area (Å²) >= 11 is 6.22. The largest absolute Gasteiger partial charge is 0.478 e. The van der Waals surface area contributed by atoms with Gasteiger partial charge in [0, 0.05) is 23.1 Å². The van der Waals surface area contributed by atoms with Gasteiger partial charge in [0.15, 0.2) is 12.2 Å². The van der Waals surface area contributed by atoms with Crippen LogP contribution in [0, 0.1) is 5.92 Å². The molecule has 1 heterocycles. The summed E-state index contributed by atoms with van der Waals surface area (Å²) in [4.78, 5) is 17.5. The van der Waals surface area contributed by atoms with E-state index in [9.17, 15) is 4.79 Å². The Balaban J connectivity index is 1.86. The van der Waals surface area contributed by atoms with E-state index in [0.717, 1.165) is 25.7 Å². The van der Waals surface area contributed by atoms with Crippen molar-refractivity contribution in [1.82, 2.24) is 0 Å². The average Bonchev–Trinajstić information content (AvgIpc) is 3.43. The first kappa shape index (κ1) is 20.0. The van der Waals surface area contributed by atoms with Gasteiger partial charge in [0.05, 0.1) is 7.11 Å². The summed E-state index contributed by atoms with van der Waals surface area (Å²) < 4.78 is 16.7. The van der Waals surface area contributed by atoms with Gasteiger partial charge in [0.1, 0.15) is 17.6 Å². The number of hydrogen-bond acceptors (Lipinski definition) is 6. The Hall–Kier alpha value is -1.79. The summed E-state index contributed by atoms with van der Waals surface area (Å²) in [5.74, 6) is 0.516. The van der Waals surface area contributed by atoms with Gasteiger partial charge in [-0.2, -0.15) is 0 Å². The molecule has 3 rings (SSSR count). The van der Waals surface area contributed by atoms with Gasteiger partial charge in [-0.15, -0.1) is 0 Å². The van der Waals surface area contributed by atoms with E-state index in [-0.39, 0.29) is 12.2 Å². The van der Waals surface area contributed by atoms with Crippen molar-refractivity contribution in [2.24, 2.45) is 11.1 Å². The summed E-state index contributed by atoms with van der Waals surface area (Å²) in [6, 6.07) is 5.22. The lowest BCUT2D eigenvalue weighted by Crippen LogP contribution is -2.35. The highest BCUT2D eigenvalue weighted by Gasteiger charge is 2.46. The van der Waals surface area contributed by atoms with E-state index in [1.165, 1.54) is 7.11 Å². The van der Waals surface area contributed by atoms with Crippen LogP contribution < -0.4 is 4.74 Å². The number of oxime groups is 1. The van der Waals surface area contributed by atoms with Gasteiger partial charge in [-0.1, -0.05) is 30.1 Å². The number of carbonyl (C=O) groups excluding carboxylic acids is 1. The van der Waals surface area contributed by atoms with Crippen molar-refractivity contribution >= 4 is 23.3 Å². The molecule has 0 amide bonds. The molecule has 0 aromatic heterocycles. The number of ether oxygens (including phenoxy) is 3. The molecule has 2 aliphatic rings. The number of halogens is 1. The van der Waals surface area contributed by atoms with Gasteiger partial charge in [-0.25, -0.2) is 4.79 Å². The van der Waals surface area contributed by atoms with Gasteiger partial charge in [-0.3, -0.25) is 0 Å². The number of carbonyl (C=O) groups is 1. The Morgan fingerprint density at radius 2 is 2.19 bits per heavy atom. The molecule has 0 radical (unpaired) electrons. The fraction of sp³-hybridized carbons (Fsp3) is 0.600. The molecule has 148 valence electrons. The predicted octanol–water partition coefficient (Wildman–Crippen LogP) is 3.98. The highest BCUT2D eigenvalue weighted by Crippen LogP contribution is 2.41. The minimum atomic E-state index is -0.753. The molecule has 1 saturated carbocycles. The smallest absolute Gasteiger partial charge is 0.346 e. The Bertz CT molecular complexity index is 704. The third-order valence-electron chi connectivity index (χ3n) is 4.78. The second kappa shape index (κ2) is 8.93. The van der Waals surface area contributed by atoms with Gasteiger partial charge in [0.25, 0.3) is 0 Å². The number of benzene rings is 1. The molecule has 0 spiro atoms. The first-order valence-corrected chi connectivity index (χ1v) is 9.82. The third kappa shape index (κ3) is 4.74. The zero-order chi connectivity index (χ0) is 19.4. The number of unbranched alkanes of at least 4 members (excludes halogenated alkanes) is 1. The van der Waals surface area contributed by atoms with Crippen LogP contribution in [0.1, 0.15) is 45.1 Å². The Kier molecular flexibility index (Phi) is 6.60. The van der Waals surface area contributed by atoms with Crippen molar-refractivity contribution in [2.75, 3.05) is 13.7 Å². The quantitative estimate of drug-likeness (QED) is 0.467. The van der Waals surface area contributed by atoms with Crippen LogP contribution in [0.15, 0.2) is 23.4 Å². The van der Waals surface area contributed by atoms with Gasteiger partial charge in [-0.05, 0) is 44.4 Å². The van der Waals surface area contributed by atoms with Crippen molar-refractivity contribution in [1.29, 1.82) is 0 Å². The lowest BCUT2D eigenvalue weighted by Gasteiger charge is -2.21. The zero-order valence-electron chi connectivity index (χ0n) is 15.9. The number of rotatable bonds is 9. The van der Waals surface area contributed by atoms with E-state index in [2.05, 4.69) is 12.1 Å². The Labute approximate surface area is 164 Å². The van der Waals surface area contributed by atoms with Crippen LogP contribution in [0.25, 0.3) is 0 Å². The lowest BCUT2D eigenvalue weighted by atomic mass is 9.98. The van der Waals surface area contributed by atoms with Crippen molar-refractivity contribution in [2.45, 2.75) is 57.8 Å². The molecule has 1 fully saturated rings. The second-order valence-electron chi connectivity index (χ2n) is 6.95. The van der Waals surface area contributed by atoms with Gasteiger partial charge in [0.2, 0.25) is 0 Å². The maximum atomic E-state index is 11.8.